The van der Waals surface area contributed by atoms with Gasteiger partial charge in [0.1, 0.15) is 0 Å². The summed E-state index contributed by atoms with van der Waals surface area (Å²) in [5, 5.41) is 18.5. The van der Waals surface area contributed by atoms with Gasteiger partial charge in [-0.05, 0) is 59.7 Å². The van der Waals surface area contributed by atoms with E-state index < -0.39 is 0 Å². The number of hydrogen-bond acceptors (Lipinski definition) is 5. The lowest BCUT2D eigenvalue weighted by molar-refractivity contribution is 0.632. The van der Waals surface area contributed by atoms with Crippen molar-refractivity contribution < 1.29 is 0 Å². The molecule has 44 heavy (non-hydrogen) atoms. The number of benzene rings is 5. The van der Waals surface area contributed by atoms with Crippen LogP contribution in [0, 0.1) is 0 Å². The van der Waals surface area contributed by atoms with Crippen molar-refractivity contribution in [2.24, 2.45) is 0 Å². The molecule has 0 saturated carbocycles. The van der Waals surface area contributed by atoms with Crippen LogP contribution in [0.25, 0.3) is 45.1 Å². The van der Waals surface area contributed by atoms with E-state index in [-0.39, 0.29) is 5.41 Å². The van der Waals surface area contributed by atoms with Crippen molar-refractivity contribution in [1.29, 1.82) is 0 Å². The predicted molar refractivity (Wildman–Crippen MR) is 175 cm³/mol. The standard InChI is InChI=1S/C37H27N7/c1-37(2)27-14-6-8-16-29(27)42(30-17-9-7-15-28(30)37)26-22-20-25(21-23-26)34-39-41-36-35-40-38-33(24-12-4-3-5-13-24)43(35)31-18-10-11-19-32(31)44(34)36/h3-23H,1-2H3. The second-order valence-electron chi connectivity index (χ2n) is 11.8. The van der Waals surface area contributed by atoms with Gasteiger partial charge in [0.05, 0.1) is 22.4 Å². The molecule has 0 aliphatic carbocycles. The van der Waals surface area contributed by atoms with E-state index in [1.807, 2.05) is 42.5 Å². The Labute approximate surface area is 253 Å². The second-order valence-corrected chi connectivity index (χ2v) is 11.8. The van der Waals surface area contributed by atoms with Gasteiger partial charge >= 0.3 is 0 Å². The Kier molecular flexibility index (Phi) is 5.11. The van der Waals surface area contributed by atoms with E-state index >= 15 is 0 Å². The van der Waals surface area contributed by atoms with E-state index in [9.17, 15) is 0 Å². The Morgan fingerprint density at radius 1 is 0.455 bits per heavy atom. The third-order valence-electron chi connectivity index (χ3n) is 8.94. The number of aromatic nitrogens is 6. The van der Waals surface area contributed by atoms with Gasteiger partial charge in [0, 0.05) is 22.2 Å². The molecular formula is C37H27N7. The first-order valence-electron chi connectivity index (χ1n) is 14.8. The zero-order valence-electron chi connectivity index (χ0n) is 24.3. The molecule has 0 radical (unpaired) electrons. The van der Waals surface area contributed by atoms with Crippen molar-refractivity contribution in [1.82, 2.24) is 29.2 Å². The van der Waals surface area contributed by atoms with E-state index in [1.54, 1.807) is 0 Å². The van der Waals surface area contributed by atoms with Crippen LogP contribution in [-0.2, 0) is 5.41 Å². The Hall–Kier alpha value is -5.82. The molecule has 0 saturated heterocycles. The number of rotatable bonds is 3. The Balaban J connectivity index is 1.21. The molecule has 4 heterocycles. The largest absolute Gasteiger partial charge is 0.310 e. The average Bonchev–Trinajstić information content (AvgIpc) is 3.72. The summed E-state index contributed by atoms with van der Waals surface area (Å²) in [4.78, 5) is 2.36. The molecule has 210 valence electrons. The molecule has 7 heteroatoms. The minimum atomic E-state index is -0.0987. The van der Waals surface area contributed by atoms with E-state index in [0.29, 0.717) is 11.3 Å². The summed E-state index contributed by atoms with van der Waals surface area (Å²) >= 11 is 0. The summed E-state index contributed by atoms with van der Waals surface area (Å²) in [6.45, 7) is 4.61. The quantitative estimate of drug-likeness (QED) is 0.214. The van der Waals surface area contributed by atoms with E-state index in [1.165, 1.54) is 22.5 Å². The Bertz CT molecular complexity index is 2320. The highest BCUT2D eigenvalue weighted by atomic mass is 15.3. The molecule has 0 unspecified atom stereocenters. The van der Waals surface area contributed by atoms with E-state index in [0.717, 1.165) is 39.5 Å². The molecule has 0 spiro atoms. The maximum Gasteiger partial charge on any atom is 0.207 e. The lowest BCUT2D eigenvalue weighted by atomic mass is 9.73. The predicted octanol–water partition coefficient (Wildman–Crippen LogP) is 8.37. The highest BCUT2D eigenvalue weighted by Gasteiger charge is 2.36. The van der Waals surface area contributed by atoms with Crippen molar-refractivity contribution in [3.63, 3.8) is 0 Å². The second kappa shape index (κ2) is 9.09. The van der Waals surface area contributed by atoms with Crippen LogP contribution in [0.15, 0.2) is 127 Å². The molecule has 7 nitrogen and oxygen atoms in total. The van der Waals surface area contributed by atoms with Gasteiger partial charge in [-0.1, -0.05) is 92.7 Å². The topological polar surface area (TPSA) is 63.6 Å². The van der Waals surface area contributed by atoms with Gasteiger partial charge in [-0.15, -0.1) is 20.4 Å². The third kappa shape index (κ3) is 3.38. The van der Waals surface area contributed by atoms with Crippen LogP contribution in [-0.4, -0.2) is 29.2 Å². The van der Waals surface area contributed by atoms with Gasteiger partial charge in [-0.2, -0.15) is 0 Å². The van der Waals surface area contributed by atoms with Crippen LogP contribution in [0.1, 0.15) is 25.0 Å². The highest BCUT2D eigenvalue weighted by Crippen LogP contribution is 2.51. The van der Waals surface area contributed by atoms with E-state index in [2.05, 4.69) is 128 Å². The maximum atomic E-state index is 4.70. The molecule has 0 fully saturated rings. The highest BCUT2D eigenvalue weighted by molar-refractivity contribution is 5.90. The molecule has 0 amide bonds. The minimum Gasteiger partial charge on any atom is -0.310 e. The molecular weight excluding hydrogens is 542 g/mol. The zero-order valence-corrected chi connectivity index (χ0v) is 24.3. The number of anilines is 3. The van der Waals surface area contributed by atoms with Gasteiger partial charge in [-0.3, -0.25) is 8.80 Å². The molecule has 0 bridgehead atoms. The summed E-state index contributed by atoms with van der Waals surface area (Å²) in [6, 6.07) is 44.4. The van der Waals surface area contributed by atoms with Crippen molar-refractivity contribution in [3.8, 4) is 22.8 Å². The average molecular weight is 570 g/mol. The van der Waals surface area contributed by atoms with Crippen LogP contribution < -0.4 is 4.90 Å². The fraction of sp³-hybridized carbons (Fsp3) is 0.0811. The number of hydrogen-bond donors (Lipinski definition) is 0. The van der Waals surface area contributed by atoms with Gasteiger partial charge < -0.3 is 4.90 Å². The Morgan fingerprint density at radius 3 is 1.45 bits per heavy atom. The molecule has 0 atom stereocenters. The molecule has 1 aliphatic rings. The maximum absolute atomic E-state index is 4.70. The van der Waals surface area contributed by atoms with Crippen molar-refractivity contribution in [2.45, 2.75) is 19.3 Å². The molecule has 5 aromatic carbocycles. The number of fused-ring (bicyclic) bond motifs is 8. The summed E-state index contributed by atoms with van der Waals surface area (Å²) in [5.41, 5.74) is 11.3. The molecule has 1 aliphatic heterocycles. The van der Waals surface area contributed by atoms with Gasteiger partial charge in [0.2, 0.25) is 11.3 Å². The van der Waals surface area contributed by atoms with Crippen molar-refractivity contribution >= 4 is 39.4 Å². The van der Waals surface area contributed by atoms with Crippen molar-refractivity contribution in [3.05, 3.63) is 139 Å². The lowest BCUT2D eigenvalue weighted by Gasteiger charge is -2.42. The third-order valence-corrected chi connectivity index (χ3v) is 8.94. The first-order chi connectivity index (χ1) is 21.6. The Morgan fingerprint density at radius 2 is 0.909 bits per heavy atom. The van der Waals surface area contributed by atoms with Crippen LogP contribution >= 0.6 is 0 Å². The first kappa shape index (κ1) is 24.7. The first-order valence-corrected chi connectivity index (χ1v) is 14.8. The lowest BCUT2D eigenvalue weighted by Crippen LogP contribution is -2.30. The SMILES string of the molecule is CC1(C)c2ccccc2N(c2ccc(-c3nnc4c5nnc(-c6ccccc6)n5c5ccccc5n34)cc2)c2ccccc21. The number of nitrogens with zero attached hydrogens (tertiary/aromatic N) is 7. The summed E-state index contributed by atoms with van der Waals surface area (Å²) in [5.74, 6) is 1.54. The zero-order chi connectivity index (χ0) is 29.4. The van der Waals surface area contributed by atoms with Crippen LogP contribution in [0.3, 0.4) is 0 Å². The number of para-hydroxylation sites is 4. The van der Waals surface area contributed by atoms with Gasteiger partial charge in [-0.25, -0.2) is 0 Å². The molecule has 9 rings (SSSR count). The van der Waals surface area contributed by atoms with E-state index in [4.69, 9.17) is 5.10 Å². The molecule has 8 aromatic rings. The minimum absolute atomic E-state index is 0.0987. The van der Waals surface area contributed by atoms with Crippen LogP contribution in [0.5, 0.6) is 0 Å². The van der Waals surface area contributed by atoms with Gasteiger partial charge in [0.15, 0.2) is 11.6 Å². The fourth-order valence-corrected chi connectivity index (χ4v) is 6.82. The monoisotopic (exact) mass is 569 g/mol. The molecule has 0 N–H and O–H groups in total. The van der Waals surface area contributed by atoms with Crippen LogP contribution in [0.2, 0.25) is 0 Å². The summed E-state index contributed by atoms with van der Waals surface area (Å²) in [6.07, 6.45) is 0. The molecule has 3 aromatic heterocycles. The summed E-state index contributed by atoms with van der Waals surface area (Å²) < 4.78 is 4.17. The smallest absolute Gasteiger partial charge is 0.207 e. The summed E-state index contributed by atoms with van der Waals surface area (Å²) in [7, 11) is 0. The van der Waals surface area contributed by atoms with Gasteiger partial charge in [0.25, 0.3) is 0 Å². The van der Waals surface area contributed by atoms with Crippen LogP contribution in [0.4, 0.5) is 17.1 Å². The fourth-order valence-electron chi connectivity index (χ4n) is 6.82. The normalized spacial score (nSPS) is 13.8. The van der Waals surface area contributed by atoms with Crippen molar-refractivity contribution in [2.75, 3.05) is 4.90 Å².